The van der Waals surface area contributed by atoms with Crippen LogP contribution in [0, 0.1) is 11.8 Å². The van der Waals surface area contributed by atoms with Crippen LogP contribution in [0.3, 0.4) is 0 Å². The van der Waals surface area contributed by atoms with Crippen LogP contribution < -0.4 is 0 Å². The van der Waals surface area contributed by atoms with Gasteiger partial charge in [-0.25, -0.2) is 0 Å². The van der Waals surface area contributed by atoms with E-state index in [1.807, 2.05) is 0 Å². The first-order chi connectivity index (χ1) is 15.2. The van der Waals surface area contributed by atoms with Gasteiger partial charge in [-0.15, -0.1) is 0 Å². The lowest BCUT2D eigenvalue weighted by Gasteiger charge is -2.51. The lowest BCUT2D eigenvalue weighted by molar-refractivity contribution is -0.334. The Labute approximate surface area is 186 Å². The Hall–Kier alpha value is -0.440. The summed E-state index contributed by atoms with van der Waals surface area (Å²) < 4.78 is 17.9. The van der Waals surface area contributed by atoms with Crippen LogP contribution >= 0.6 is 0 Å². The molecular formula is C21H36O11. The lowest BCUT2D eigenvalue weighted by atomic mass is 9.72. The second kappa shape index (κ2) is 10.0. The first kappa shape index (κ1) is 24.7. The molecule has 2 aliphatic heterocycles. The van der Waals surface area contributed by atoms with Crippen LogP contribution in [-0.2, 0) is 14.2 Å². The molecule has 0 radical (unpaired) electrons. The van der Waals surface area contributed by atoms with Crippen LogP contribution in [0.5, 0.6) is 0 Å². The highest BCUT2D eigenvalue weighted by atomic mass is 16.7. The van der Waals surface area contributed by atoms with Gasteiger partial charge < -0.3 is 55.1 Å². The summed E-state index contributed by atoms with van der Waals surface area (Å²) in [7, 11) is 0. The Balaban J connectivity index is 1.54. The average Bonchev–Trinajstić information content (AvgIpc) is 2.78. The van der Waals surface area contributed by atoms with Gasteiger partial charge in [-0.3, -0.25) is 0 Å². The fourth-order valence-corrected chi connectivity index (χ4v) is 5.72. The minimum absolute atomic E-state index is 0.0235. The molecule has 2 aliphatic carbocycles. The number of hydrogen-bond acceptors (Lipinski definition) is 11. The Morgan fingerprint density at radius 2 is 1.41 bits per heavy atom. The van der Waals surface area contributed by atoms with Crippen molar-refractivity contribution in [2.24, 2.45) is 11.8 Å². The van der Waals surface area contributed by atoms with Crippen molar-refractivity contribution in [3.05, 3.63) is 0 Å². The molecule has 8 N–H and O–H groups in total. The minimum Gasteiger partial charge on any atom is -0.394 e. The predicted molar refractivity (Wildman–Crippen MR) is 106 cm³/mol. The zero-order valence-corrected chi connectivity index (χ0v) is 17.8. The van der Waals surface area contributed by atoms with Gasteiger partial charge >= 0.3 is 0 Å². The van der Waals surface area contributed by atoms with Gasteiger partial charge in [0.2, 0.25) is 0 Å². The zero-order chi connectivity index (χ0) is 23.2. The minimum atomic E-state index is -1.58. The molecule has 0 aromatic carbocycles. The van der Waals surface area contributed by atoms with E-state index in [0.717, 1.165) is 0 Å². The van der Waals surface area contributed by atoms with Crippen molar-refractivity contribution >= 4 is 0 Å². The summed E-state index contributed by atoms with van der Waals surface area (Å²) in [6, 6.07) is 0. The van der Waals surface area contributed by atoms with Crippen molar-refractivity contribution in [1.82, 2.24) is 0 Å². The molecule has 2 heterocycles. The van der Waals surface area contributed by atoms with E-state index < -0.39 is 79.9 Å². The highest BCUT2D eigenvalue weighted by molar-refractivity contribution is 5.00. The molecule has 0 aromatic rings. The highest BCUT2D eigenvalue weighted by Crippen LogP contribution is 2.43. The van der Waals surface area contributed by atoms with Gasteiger partial charge in [0.15, 0.2) is 6.29 Å². The second-order valence-corrected chi connectivity index (χ2v) is 9.76. The van der Waals surface area contributed by atoms with Crippen molar-refractivity contribution in [2.75, 3.05) is 6.61 Å². The van der Waals surface area contributed by atoms with Gasteiger partial charge in [0.1, 0.15) is 30.5 Å². The van der Waals surface area contributed by atoms with Crippen molar-refractivity contribution in [2.45, 2.75) is 112 Å². The first-order valence-electron chi connectivity index (χ1n) is 11.5. The molecule has 2 saturated carbocycles. The largest absolute Gasteiger partial charge is 0.394 e. The van der Waals surface area contributed by atoms with Crippen molar-refractivity contribution in [1.29, 1.82) is 0 Å². The Morgan fingerprint density at radius 3 is 2.06 bits per heavy atom. The van der Waals surface area contributed by atoms with Crippen LogP contribution in [0.1, 0.15) is 38.5 Å². The third-order valence-corrected chi connectivity index (χ3v) is 7.70. The highest BCUT2D eigenvalue weighted by Gasteiger charge is 2.53. The zero-order valence-electron chi connectivity index (χ0n) is 17.8. The van der Waals surface area contributed by atoms with E-state index in [1.165, 1.54) is 0 Å². The van der Waals surface area contributed by atoms with Gasteiger partial charge in [0, 0.05) is 12.3 Å². The van der Waals surface area contributed by atoms with E-state index in [4.69, 9.17) is 14.2 Å². The Morgan fingerprint density at radius 1 is 0.719 bits per heavy atom. The third kappa shape index (κ3) is 4.71. The predicted octanol–water partition coefficient (Wildman–Crippen LogP) is -3.02. The van der Waals surface area contributed by atoms with E-state index in [9.17, 15) is 40.9 Å². The van der Waals surface area contributed by atoms with Crippen molar-refractivity contribution < 1.29 is 55.1 Å². The number of aliphatic hydroxyl groups is 8. The van der Waals surface area contributed by atoms with Gasteiger partial charge in [-0.2, -0.15) is 0 Å². The monoisotopic (exact) mass is 464 g/mol. The number of rotatable bonds is 4. The maximum Gasteiger partial charge on any atom is 0.187 e. The smallest absolute Gasteiger partial charge is 0.187 e. The topological polar surface area (TPSA) is 190 Å². The molecular weight excluding hydrogens is 428 g/mol. The molecule has 0 aromatic heterocycles. The molecule has 12 unspecified atom stereocenters. The summed E-state index contributed by atoms with van der Waals surface area (Å²) in [4.78, 5) is 0. The fraction of sp³-hybridized carbons (Fsp3) is 1.00. The number of hydrogen-bond donors (Lipinski definition) is 8. The van der Waals surface area contributed by atoms with Crippen LogP contribution in [0.15, 0.2) is 0 Å². The summed E-state index contributed by atoms with van der Waals surface area (Å²) in [5.74, 6) is -0.496. The van der Waals surface area contributed by atoms with Gasteiger partial charge in [0.25, 0.3) is 0 Å². The van der Waals surface area contributed by atoms with E-state index in [0.29, 0.717) is 25.7 Å². The lowest BCUT2D eigenvalue weighted by Crippen LogP contribution is -2.63. The van der Waals surface area contributed by atoms with Crippen molar-refractivity contribution in [3.8, 4) is 0 Å². The molecule has 2 saturated heterocycles. The SMILES string of the molecule is OCC1OC(OC2CC3C(CC(O)C(O)C3O)OC2C2CCC(O)CC2)C(O)C(O)C1O. The Bertz CT molecular complexity index is 613. The second-order valence-electron chi connectivity index (χ2n) is 9.76. The molecule has 11 nitrogen and oxygen atoms in total. The van der Waals surface area contributed by atoms with Crippen molar-refractivity contribution in [3.63, 3.8) is 0 Å². The molecule has 4 aliphatic rings. The normalized spacial score (nSPS) is 54.8. The maximum atomic E-state index is 10.5. The van der Waals surface area contributed by atoms with Gasteiger partial charge in [0.05, 0.1) is 43.2 Å². The van der Waals surface area contributed by atoms with Crippen LogP contribution in [0.2, 0.25) is 0 Å². The summed E-state index contributed by atoms with van der Waals surface area (Å²) in [6.07, 6.45) is -9.77. The van der Waals surface area contributed by atoms with E-state index in [2.05, 4.69) is 0 Å². The van der Waals surface area contributed by atoms with E-state index in [-0.39, 0.29) is 24.9 Å². The van der Waals surface area contributed by atoms with Gasteiger partial charge in [-0.05, 0) is 38.0 Å². The quantitative estimate of drug-likeness (QED) is 0.211. The summed E-state index contributed by atoms with van der Waals surface area (Å²) >= 11 is 0. The summed E-state index contributed by atoms with van der Waals surface area (Å²) in [6.45, 7) is -0.580. The summed E-state index contributed by atoms with van der Waals surface area (Å²) in [5, 5.41) is 80.6. The molecule has 4 fully saturated rings. The van der Waals surface area contributed by atoms with E-state index >= 15 is 0 Å². The molecule has 0 spiro atoms. The van der Waals surface area contributed by atoms with Gasteiger partial charge in [-0.1, -0.05) is 0 Å². The molecule has 11 heteroatoms. The number of fused-ring (bicyclic) bond motifs is 1. The molecule has 32 heavy (non-hydrogen) atoms. The molecule has 0 amide bonds. The number of aliphatic hydroxyl groups excluding tert-OH is 8. The maximum absolute atomic E-state index is 10.5. The standard InChI is InChI=1S/C21H36O11/c22-7-14-17(27)18(28)19(29)21(32-14)31-13-5-10-12(6-11(24)16(26)15(10)25)30-20(13)8-1-3-9(23)4-2-8/h8-29H,1-7H2. The average molecular weight is 465 g/mol. The fourth-order valence-electron chi connectivity index (χ4n) is 5.72. The molecule has 186 valence electrons. The molecule has 12 atom stereocenters. The van der Waals surface area contributed by atoms with E-state index in [1.54, 1.807) is 0 Å². The Kier molecular flexibility index (Phi) is 7.75. The van der Waals surface area contributed by atoms with Crippen LogP contribution in [0.25, 0.3) is 0 Å². The first-order valence-corrected chi connectivity index (χ1v) is 11.5. The molecule has 0 bridgehead atoms. The summed E-state index contributed by atoms with van der Waals surface area (Å²) in [5.41, 5.74) is 0. The molecule has 4 rings (SSSR count). The van der Waals surface area contributed by atoms with Crippen LogP contribution in [-0.4, -0.2) is 121 Å². The third-order valence-electron chi connectivity index (χ3n) is 7.70. The van der Waals surface area contributed by atoms with Crippen LogP contribution in [0.4, 0.5) is 0 Å². The number of ether oxygens (including phenoxy) is 3.